The fraction of sp³-hybridized carbons (Fsp3) is 0.471. The highest BCUT2D eigenvalue weighted by atomic mass is 79.9. The number of aliphatic hydroxyl groups is 3. The number of fused-ring (bicyclic) bond motifs is 2. The van der Waals surface area contributed by atoms with E-state index in [9.17, 15) is 30.0 Å². The van der Waals surface area contributed by atoms with Crippen molar-refractivity contribution >= 4 is 59.4 Å². The molecule has 7 rings (SSSR count). The molecule has 0 bridgehead atoms. The zero-order valence-electron chi connectivity index (χ0n) is 27.0. The normalized spacial score (nSPS) is 32.7. The second kappa shape index (κ2) is 12.7. The summed E-state index contributed by atoms with van der Waals surface area (Å²) in [5, 5.41) is 45.2. The van der Waals surface area contributed by atoms with Crippen LogP contribution < -0.4 is 16.0 Å². The van der Waals surface area contributed by atoms with Crippen LogP contribution in [0.5, 0.6) is 11.5 Å². The van der Waals surface area contributed by atoms with Gasteiger partial charge in [0.25, 0.3) is 0 Å². The number of aliphatic hydroxyl groups excluding tert-OH is 3. The van der Waals surface area contributed by atoms with Gasteiger partial charge in [-0.2, -0.15) is 0 Å². The number of aromatic hydroxyl groups is 1. The average Bonchev–Trinajstić information content (AvgIpc) is 3.16. The summed E-state index contributed by atoms with van der Waals surface area (Å²) in [7, 11) is 2.92. The summed E-state index contributed by atoms with van der Waals surface area (Å²) in [6, 6.07) is 7.68. The third-order valence-electron chi connectivity index (χ3n) is 9.70. The van der Waals surface area contributed by atoms with Crippen molar-refractivity contribution in [1.29, 1.82) is 0 Å². The third-order valence-corrected chi connectivity index (χ3v) is 10.4. The minimum atomic E-state index is -1.54. The Balaban J connectivity index is 1.37. The van der Waals surface area contributed by atoms with Crippen LogP contribution in [-0.4, -0.2) is 96.1 Å². The number of hydrogen-bond donors (Lipinski definition) is 4. The number of rotatable bonds is 6. The Morgan fingerprint density at radius 3 is 2.10 bits per heavy atom. The molecule has 5 aromatic rings. The summed E-state index contributed by atoms with van der Waals surface area (Å²) in [6.45, 7) is 4.96. The standard InChI is InChI=1S/C34H35BrO14/c1-11-27(42-4)29(43-5)24(37)13(3)44-33(11)49-30-26(39)23(36)12(2)45-34(30)47-16-8-6-7-14-18(16)28-21-20-17(46-32(41)22(21)25(14)38)10-9-15(35)19(20)31(40)48-28/h6-13,23-24,26-27,29-30,33-34,36-39H,1-5H3. The Kier molecular flexibility index (Phi) is 8.87. The second-order valence-electron chi connectivity index (χ2n) is 12.6. The van der Waals surface area contributed by atoms with E-state index in [0.717, 1.165) is 0 Å². The molecule has 4 N–H and O–H groups in total. The predicted octanol–water partition coefficient (Wildman–Crippen LogP) is 3.11. The van der Waals surface area contributed by atoms with Gasteiger partial charge in [-0.05, 0) is 48.0 Å². The van der Waals surface area contributed by atoms with E-state index in [0.29, 0.717) is 4.47 Å². The summed E-state index contributed by atoms with van der Waals surface area (Å²) in [5.74, 6) is -0.942. The van der Waals surface area contributed by atoms with Crippen molar-refractivity contribution in [3.05, 3.63) is 55.6 Å². The third kappa shape index (κ3) is 5.30. The summed E-state index contributed by atoms with van der Waals surface area (Å²) in [5.41, 5.74) is -1.51. The number of benzene rings is 3. The van der Waals surface area contributed by atoms with Crippen molar-refractivity contribution in [2.75, 3.05) is 14.2 Å². The Morgan fingerprint density at radius 1 is 0.714 bits per heavy atom. The van der Waals surface area contributed by atoms with Crippen molar-refractivity contribution in [1.82, 2.24) is 0 Å². The molecule has 3 aromatic carbocycles. The van der Waals surface area contributed by atoms with Crippen LogP contribution in [0.2, 0.25) is 0 Å². The Bertz CT molecular complexity index is 2150. The van der Waals surface area contributed by atoms with Crippen molar-refractivity contribution in [2.24, 2.45) is 5.92 Å². The van der Waals surface area contributed by atoms with Gasteiger partial charge in [0.15, 0.2) is 18.0 Å². The first-order chi connectivity index (χ1) is 23.4. The lowest BCUT2D eigenvalue weighted by Crippen LogP contribution is -2.60. The number of phenols is 1. The molecule has 4 heterocycles. The summed E-state index contributed by atoms with van der Waals surface area (Å²) >= 11 is 3.37. The topological polar surface area (TPSA) is 197 Å². The molecule has 2 saturated heterocycles. The molecule has 2 aliphatic rings. The SMILES string of the molecule is COC1C(C)C(OC2C(Oc3cccc4c(O)c5c(=O)oc6ccc(Br)c7c(=O)oc(c34)c5c67)OC(C)C(O)C2O)OC(C)C(O)C1OC. The van der Waals surface area contributed by atoms with E-state index in [1.807, 2.05) is 0 Å². The van der Waals surface area contributed by atoms with Gasteiger partial charge >= 0.3 is 11.3 Å². The molecule has 2 aromatic heterocycles. The van der Waals surface area contributed by atoms with Gasteiger partial charge in [-0.15, -0.1) is 0 Å². The van der Waals surface area contributed by atoms with E-state index < -0.39 is 84.3 Å². The molecular formula is C34H35BrO14. The molecular weight excluding hydrogens is 712 g/mol. The largest absolute Gasteiger partial charge is 0.506 e. The maximum absolute atomic E-state index is 13.4. The van der Waals surface area contributed by atoms with E-state index in [-0.39, 0.29) is 49.2 Å². The summed E-state index contributed by atoms with van der Waals surface area (Å²) < 4.78 is 47.9. The highest BCUT2D eigenvalue weighted by Gasteiger charge is 2.50. The number of methoxy groups -OCH3 is 2. The van der Waals surface area contributed by atoms with Crippen molar-refractivity contribution < 1.29 is 57.7 Å². The van der Waals surface area contributed by atoms with Gasteiger partial charge in [0.2, 0.25) is 6.29 Å². The molecule has 0 aliphatic carbocycles. The van der Waals surface area contributed by atoms with Crippen LogP contribution in [0, 0.1) is 5.92 Å². The van der Waals surface area contributed by atoms with Gasteiger partial charge in [0.05, 0.1) is 29.1 Å². The fourth-order valence-electron chi connectivity index (χ4n) is 7.11. The Morgan fingerprint density at radius 2 is 1.39 bits per heavy atom. The van der Waals surface area contributed by atoms with Crippen molar-refractivity contribution in [3.63, 3.8) is 0 Å². The van der Waals surface area contributed by atoms with Gasteiger partial charge in [0.1, 0.15) is 46.9 Å². The molecule has 262 valence electrons. The van der Waals surface area contributed by atoms with Crippen LogP contribution in [0.25, 0.3) is 43.5 Å². The molecule has 11 atom stereocenters. The molecule has 0 radical (unpaired) electrons. The van der Waals surface area contributed by atoms with Crippen LogP contribution in [0.15, 0.2) is 53.2 Å². The Hall–Kier alpha value is -3.38. The molecule has 49 heavy (non-hydrogen) atoms. The quantitative estimate of drug-likeness (QED) is 0.112. The second-order valence-corrected chi connectivity index (χ2v) is 13.4. The van der Waals surface area contributed by atoms with E-state index >= 15 is 0 Å². The van der Waals surface area contributed by atoms with E-state index in [4.69, 9.17) is 37.3 Å². The lowest BCUT2D eigenvalue weighted by molar-refractivity contribution is -0.323. The first kappa shape index (κ1) is 34.1. The maximum Gasteiger partial charge on any atom is 0.348 e. The number of phenolic OH excluding ortho intramolecular Hbond substituents is 1. The van der Waals surface area contributed by atoms with Crippen LogP contribution in [-0.2, 0) is 23.7 Å². The Labute approximate surface area is 286 Å². The van der Waals surface area contributed by atoms with Gasteiger partial charge in [-0.1, -0.05) is 19.1 Å². The predicted molar refractivity (Wildman–Crippen MR) is 177 cm³/mol. The van der Waals surface area contributed by atoms with Crippen molar-refractivity contribution in [2.45, 2.75) is 82.2 Å². The fourth-order valence-corrected chi connectivity index (χ4v) is 7.60. The molecule has 0 spiro atoms. The smallest absolute Gasteiger partial charge is 0.348 e. The number of ether oxygens (including phenoxy) is 6. The molecule has 14 nitrogen and oxygen atoms in total. The van der Waals surface area contributed by atoms with Gasteiger partial charge in [-0.25, -0.2) is 9.59 Å². The molecule has 0 amide bonds. The monoisotopic (exact) mass is 746 g/mol. The van der Waals surface area contributed by atoms with E-state index in [1.165, 1.54) is 32.4 Å². The van der Waals surface area contributed by atoms with E-state index in [2.05, 4.69) is 15.9 Å². The van der Waals surface area contributed by atoms with Crippen molar-refractivity contribution in [3.8, 4) is 11.5 Å². The zero-order chi connectivity index (χ0) is 35.0. The van der Waals surface area contributed by atoms with Crippen LogP contribution in [0.3, 0.4) is 0 Å². The molecule has 2 aliphatic heterocycles. The molecule has 15 heteroatoms. The van der Waals surface area contributed by atoms with Crippen LogP contribution >= 0.6 is 15.9 Å². The van der Waals surface area contributed by atoms with E-state index in [1.54, 1.807) is 32.9 Å². The summed E-state index contributed by atoms with van der Waals surface area (Å²) in [4.78, 5) is 26.6. The first-order valence-corrected chi connectivity index (χ1v) is 16.5. The maximum atomic E-state index is 13.4. The minimum absolute atomic E-state index is 0.0413. The number of halogens is 1. The number of hydrogen-bond acceptors (Lipinski definition) is 14. The van der Waals surface area contributed by atoms with Crippen LogP contribution in [0.1, 0.15) is 20.8 Å². The minimum Gasteiger partial charge on any atom is -0.506 e. The first-order valence-electron chi connectivity index (χ1n) is 15.7. The highest BCUT2D eigenvalue weighted by Crippen LogP contribution is 2.46. The van der Waals surface area contributed by atoms with Gasteiger partial charge < -0.3 is 57.7 Å². The molecule has 0 saturated carbocycles. The molecule has 2 fully saturated rings. The average molecular weight is 748 g/mol. The summed E-state index contributed by atoms with van der Waals surface area (Å²) in [6.07, 6.45) is -11.0. The van der Waals surface area contributed by atoms with Crippen LogP contribution in [0.4, 0.5) is 0 Å². The molecule has 11 unspecified atom stereocenters. The zero-order valence-corrected chi connectivity index (χ0v) is 28.6. The lowest BCUT2D eigenvalue weighted by Gasteiger charge is -2.43. The highest BCUT2D eigenvalue weighted by molar-refractivity contribution is 9.10. The van der Waals surface area contributed by atoms with Gasteiger partial charge in [-0.3, -0.25) is 0 Å². The lowest BCUT2D eigenvalue weighted by atomic mass is 9.95. The van der Waals surface area contributed by atoms with Gasteiger partial charge in [0, 0.05) is 40.8 Å².